The number of thiophene rings is 1. The van der Waals surface area contributed by atoms with Crippen molar-refractivity contribution in [1.82, 2.24) is 23.9 Å². The molecule has 2 fully saturated rings. The number of amides is 2. The fraction of sp³-hybridized carbons (Fsp3) is 0.400. The van der Waals surface area contributed by atoms with Crippen LogP contribution in [0, 0.1) is 11.7 Å². The van der Waals surface area contributed by atoms with Crippen LogP contribution in [0.25, 0.3) is 11.0 Å². The Hall–Kier alpha value is -3.35. The lowest BCUT2D eigenvalue weighted by molar-refractivity contribution is -0.142. The monoisotopic (exact) mass is 655 g/mol. The molecule has 5 heterocycles. The smallest absolute Gasteiger partial charge is 0.267 e. The summed E-state index contributed by atoms with van der Waals surface area (Å²) in [5.41, 5.74) is 0.211. The second-order valence-corrected chi connectivity index (χ2v) is 13.7. The summed E-state index contributed by atoms with van der Waals surface area (Å²) in [5.74, 6) is -1.52. The summed E-state index contributed by atoms with van der Waals surface area (Å²) in [6.07, 6.45) is 4.37. The standard InChI is InChI=1S/C30H31BrFN5O4S/c1-34-11-7-21-26(34)33-18-37(28(21)39)17-30(41)9-13-35(14-10-30)27(38)20-8-12-36(16-22(20)19-5-3-2-4-6-19)29(40)25-23(32)15-24(31)42-25/h2-7,11,15,18,20,22,41H,8-10,12-14,16-17H2,1H3/t20-,22+/m1/s1. The number of aliphatic hydroxyl groups is 1. The molecule has 42 heavy (non-hydrogen) atoms. The Morgan fingerprint density at radius 3 is 2.57 bits per heavy atom. The van der Waals surface area contributed by atoms with Gasteiger partial charge in [-0.25, -0.2) is 9.37 Å². The van der Waals surface area contributed by atoms with E-state index in [4.69, 9.17) is 0 Å². The Labute approximate surface area is 254 Å². The van der Waals surface area contributed by atoms with Crippen molar-refractivity contribution in [3.05, 3.63) is 85.4 Å². The van der Waals surface area contributed by atoms with E-state index in [1.54, 1.807) is 26.6 Å². The van der Waals surface area contributed by atoms with Crippen molar-refractivity contribution in [1.29, 1.82) is 0 Å². The SMILES string of the molecule is Cn1ccc2c(=O)n(CC3(O)CCN(C(=O)[C@@H]4CCN(C(=O)c5sc(Br)cc5F)C[C@H]4c4ccccc4)CC3)cnc21. The number of hydrogen-bond donors (Lipinski definition) is 1. The number of benzene rings is 1. The van der Waals surface area contributed by atoms with Gasteiger partial charge in [0.05, 0.1) is 21.3 Å². The van der Waals surface area contributed by atoms with Crippen LogP contribution >= 0.6 is 27.3 Å². The molecule has 220 valence electrons. The van der Waals surface area contributed by atoms with Crippen LogP contribution in [0.15, 0.2) is 63.6 Å². The van der Waals surface area contributed by atoms with Crippen molar-refractivity contribution in [3.8, 4) is 0 Å². The molecule has 1 N–H and O–H groups in total. The highest BCUT2D eigenvalue weighted by molar-refractivity contribution is 9.11. The molecule has 1 aromatic carbocycles. The van der Waals surface area contributed by atoms with Crippen LogP contribution in [0.3, 0.4) is 0 Å². The summed E-state index contributed by atoms with van der Waals surface area (Å²) >= 11 is 4.33. The molecule has 2 atom stereocenters. The molecule has 2 aliphatic heterocycles. The van der Waals surface area contributed by atoms with Gasteiger partial charge in [-0.05, 0) is 52.9 Å². The first-order chi connectivity index (χ1) is 20.1. The van der Waals surface area contributed by atoms with Gasteiger partial charge in [0.2, 0.25) is 5.91 Å². The summed E-state index contributed by atoms with van der Waals surface area (Å²) in [4.78, 5) is 48.0. The summed E-state index contributed by atoms with van der Waals surface area (Å²) in [7, 11) is 1.83. The first kappa shape index (κ1) is 28.8. The largest absolute Gasteiger partial charge is 0.388 e. The molecular weight excluding hydrogens is 625 g/mol. The van der Waals surface area contributed by atoms with E-state index in [9.17, 15) is 23.9 Å². The lowest BCUT2D eigenvalue weighted by Crippen LogP contribution is -2.53. The first-order valence-corrected chi connectivity index (χ1v) is 15.6. The van der Waals surface area contributed by atoms with Crippen LogP contribution in [0.5, 0.6) is 0 Å². The van der Waals surface area contributed by atoms with Gasteiger partial charge >= 0.3 is 0 Å². The molecule has 2 aliphatic rings. The van der Waals surface area contributed by atoms with Crippen molar-refractivity contribution in [2.75, 3.05) is 26.2 Å². The second-order valence-electron chi connectivity index (χ2n) is 11.3. The molecule has 0 spiro atoms. The maximum absolute atomic E-state index is 14.4. The Morgan fingerprint density at radius 1 is 1.14 bits per heavy atom. The fourth-order valence-corrected chi connectivity index (χ4v) is 7.66. The zero-order valence-corrected chi connectivity index (χ0v) is 25.5. The molecular formula is C30H31BrFN5O4S. The molecule has 0 radical (unpaired) electrons. The number of likely N-dealkylation sites (tertiary alicyclic amines) is 2. The van der Waals surface area contributed by atoms with Gasteiger partial charge in [-0.2, -0.15) is 0 Å². The van der Waals surface area contributed by atoms with Crippen molar-refractivity contribution in [2.24, 2.45) is 13.0 Å². The average molecular weight is 657 g/mol. The molecule has 3 aromatic heterocycles. The third-order valence-corrected chi connectivity index (χ3v) is 10.2. The minimum atomic E-state index is -1.14. The molecule has 0 aliphatic carbocycles. The molecule has 0 unspecified atom stereocenters. The van der Waals surface area contributed by atoms with Gasteiger partial charge in [-0.15, -0.1) is 11.3 Å². The van der Waals surface area contributed by atoms with Crippen LogP contribution in [0.1, 0.15) is 40.4 Å². The number of rotatable bonds is 5. The first-order valence-electron chi connectivity index (χ1n) is 13.9. The van der Waals surface area contributed by atoms with Crippen LogP contribution in [0.4, 0.5) is 4.39 Å². The van der Waals surface area contributed by atoms with Gasteiger partial charge < -0.3 is 19.5 Å². The van der Waals surface area contributed by atoms with Gasteiger partial charge in [-0.1, -0.05) is 30.3 Å². The van der Waals surface area contributed by atoms with E-state index in [0.717, 1.165) is 16.9 Å². The van der Waals surface area contributed by atoms with E-state index in [1.807, 2.05) is 37.4 Å². The Bertz CT molecular complexity index is 1690. The highest BCUT2D eigenvalue weighted by atomic mass is 79.9. The highest BCUT2D eigenvalue weighted by Crippen LogP contribution is 2.37. The summed E-state index contributed by atoms with van der Waals surface area (Å²) < 4.78 is 18.2. The van der Waals surface area contributed by atoms with E-state index in [0.29, 0.717) is 60.3 Å². The second kappa shape index (κ2) is 11.4. The molecule has 6 rings (SSSR count). The predicted molar refractivity (Wildman–Crippen MR) is 161 cm³/mol. The number of halogens is 2. The molecule has 2 amide bonds. The minimum Gasteiger partial charge on any atom is -0.388 e. The molecule has 2 saturated heterocycles. The number of fused-ring (bicyclic) bond motifs is 1. The van der Waals surface area contributed by atoms with Gasteiger partial charge in [0, 0.05) is 51.3 Å². The van der Waals surface area contributed by atoms with Crippen molar-refractivity contribution in [2.45, 2.75) is 37.3 Å². The van der Waals surface area contributed by atoms with Crippen molar-refractivity contribution < 1.29 is 19.1 Å². The summed E-state index contributed by atoms with van der Waals surface area (Å²) in [6.45, 7) is 1.49. The van der Waals surface area contributed by atoms with E-state index in [-0.39, 0.29) is 40.6 Å². The third kappa shape index (κ3) is 5.43. The van der Waals surface area contributed by atoms with Crippen molar-refractivity contribution in [3.63, 3.8) is 0 Å². The third-order valence-electron chi connectivity index (χ3n) is 8.62. The number of aryl methyl sites for hydroxylation is 1. The van der Waals surface area contributed by atoms with Crippen LogP contribution in [-0.2, 0) is 18.4 Å². The molecule has 9 nitrogen and oxygen atoms in total. The number of nitrogens with zero attached hydrogens (tertiary/aromatic N) is 5. The van der Waals surface area contributed by atoms with Gasteiger partial charge in [-0.3, -0.25) is 19.0 Å². The number of piperidine rings is 2. The topological polar surface area (TPSA) is 101 Å². The lowest BCUT2D eigenvalue weighted by Gasteiger charge is -2.43. The van der Waals surface area contributed by atoms with E-state index >= 15 is 0 Å². The molecule has 12 heteroatoms. The number of carbonyl (C=O) groups excluding carboxylic acids is 2. The number of hydrogen-bond acceptors (Lipinski definition) is 6. The van der Waals surface area contributed by atoms with E-state index < -0.39 is 11.4 Å². The maximum atomic E-state index is 14.4. The minimum absolute atomic E-state index is 0.00686. The summed E-state index contributed by atoms with van der Waals surface area (Å²) in [5, 5.41) is 11.9. The molecule has 0 saturated carbocycles. The van der Waals surface area contributed by atoms with Crippen LogP contribution < -0.4 is 5.56 Å². The average Bonchev–Trinajstić information content (AvgIpc) is 3.55. The lowest BCUT2D eigenvalue weighted by atomic mass is 9.79. The Morgan fingerprint density at radius 2 is 1.88 bits per heavy atom. The number of aromatic nitrogens is 3. The molecule has 4 aromatic rings. The Balaban J connectivity index is 1.16. The van der Waals surface area contributed by atoms with E-state index in [1.165, 1.54) is 17.0 Å². The normalized spacial score (nSPS) is 20.7. The quantitative estimate of drug-likeness (QED) is 0.350. The van der Waals surface area contributed by atoms with Gasteiger partial charge in [0.25, 0.3) is 11.5 Å². The number of carbonyl (C=O) groups is 2. The highest BCUT2D eigenvalue weighted by Gasteiger charge is 2.42. The fourth-order valence-electron chi connectivity index (χ4n) is 6.25. The molecule has 0 bridgehead atoms. The zero-order chi connectivity index (χ0) is 29.6. The zero-order valence-electron chi connectivity index (χ0n) is 23.1. The summed E-state index contributed by atoms with van der Waals surface area (Å²) in [6, 6.07) is 12.7. The van der Waals surface area contributed by atoms with Gasteiger partial charge in [0.1, 0.15) is 22.7 Å². The Kier molecular flexibility index (Phi) is 7.79. The van der Waals surface area contributed by atoms with Crippen LogP contribution in [-0.4, -0.2) is 72.6 Å². The van der Waals surface area contributed by atoms with Gasteiger partial charge in [0.15, 0.2) is 0 Å². The predicted octanol–water partition coefficient (Wildman–Crippen LogP) is 4.00. The maximum Gasteiger partial charge on any atom is 0.267 e. The van der Waals surface area contributed by atoms with E-state index in [2.05, 4.69) is 20.9 Å². The van der Waals surface area contributed by atoms with Crippen LogP contribution in [0.2, 0.25) is 0 Å². The van der Waals surface area contributed by atoms with Crippen molar-refractivity contribution >= 4 is 50.1 Å².